The fourth-order valence-electron chi connectivity index (χ4n) is 2.19. The zero-order valence-corrected chi connectivity index (χ0v) is 12.5. The lowest BCUT2D eigenvalue weighted by Crippen LogP contribution is -2.05. The molecule has 0 amide bonds. The SMILES string of the molecule is COC(=O)c1cc([N+](=O)[O-])ccc1-c1cc(C)ccc1OC. The highest BCUT2D eigenvalue weighted by Crippen LogP contribution is 2.35. The van der Waals surface area contributed by atoms with E-state index in [2.05, 4.69) is 0 Å². The van der Waals surface area contributed by atoms with Crippen LogP contribution in [-0.4, -0.2) is 25.1 Å². The number of aryl methyl sites for hydroxylation is 1. The minimum Gasteiger partial charge on any atom is -0.496 e. The zero-order valence-electron chi connectivity index (χ0n) is 12.5. The van der Waals surface area contributed by atoms with Gasteiger partial charge in [-0.25, -0.2) is 4.79 Å². The predicted octanol–water partition coefficient (Wildman–Crippen LogP) is 3.37. The first kappa shape index (κ1) is 15.5. The molecule has 0 atom stereocenters. The first-order valence-electron chi connectivity index (χ1n) is 6.49. The summed E-state index contributed by atoms with van der Waals surface area (Å²) in [6, 6.07) is 9.61. The molecule has 0 fully saturated rings. The number of nitro benzene ring substituents is 1. The smallest absolute Gasteiger partial charge is 0.338 e. The third-order valence-electron chi connectivity index (χ3n) is 3.26. The second kappa shape index (κ2) is 6.26. The van der Waals surface area contributed by atoms with Crippen LogP contribution in [0.2, 0.25) is 0 Å². The van der Waals surface area contributed by atoms with Gasteiger partial charge in [-0.05, 0) is 25.1 Å². The van der Waals surface area contributed by atoms with Gasteiger partial charge in [-0.2, -0.15) is 0 Å². The summed E-state index contributed by atoms with van der Waals surface area (Å²) in [6.45, 7) is 1.91. The summed E-state index contributed by atoms with van der Waals surface area (Å²) in [7, 11) is 2.76. The molecule has 22 heavy (non-hydrogen) atoms. The van der Waals surface area contributed by atoms with Gasteiger partial charge in [0, 0.05) is 23.3 Å². The van der Waals surface area contributed by atoms with E-state index in [9.17, 15) is 14.9 Å². The molecule has 0 bridgehead atoms. The van der Waals surface area contributed by atoms with Crippen molar-refractivity contribution < 1.29 is 19.2 Å². The second-order valence-electron chi connectivity index (χ2n) is 4.68. The van der Waals surface area contributed by atoms with E-state index in [0.29, 0.717) is 16.9 Å². The third kappa shape index (κ3) is 2.90. The molecule has 0 radical (unpaired) electrons. The van der Waals surface area contributed by atoms with Gasteiger partial charge in [-0.3, -0.25) is 10.1 Å². The van der Waals surface area contributed by atoms with E-state index in [1.807, 2.05) is 19.1 Å². The van der Waals surface area contributed by atoms with Crippen molar-refractivity contribution in [3.05, 3.63) is 57.6 Å². The quantitative estimate of drug-likeness (QED) is 0.491. The largest absolute Gasteiger partial charge is 0.496 e. The topological polar surface area (TPSA) is 78.7 Å². The summed E-state index contributed by atoms with van der Waals surface area (Å²) < 4.78 is 10.0. The van der Waals surface area contributed by atoms with E-state index in [4.69, 9.17) is 9.47 Å². The molecule has 0 spiro atoms. The van der Waals surface area contributed by atoms with E-state index in [-0.39, 0.29) is 11.3 Å². The molecule has 0 saturated heterocycles. The normalized spacial score (nSPS) is 10.1. The molecule has 0 aliphatic rings. The third-order valence-corrected chi connectivity index (χ3v) is 3.26. The Hall–Kier alpha value is -2.89. The predicted molar refractivity (Wildman–Crippen MR) is 81.2 cm³/mol. The molecule has 6 heteroatoms. The van der Waals surface area contributed by atoms with Gasteiger partial charge in [0.15, 0.2) is 0 Å². The van der Waals surface area contributed by atoms with Crippen LogP contribution in [0.25, 0.3) is 11.1 Å². The van der Waals surface area contributed by atoms with Gasteiger partial charge < -0.3 is 9.47 Å². The lowest BCUT2D eigenvalue weighted by molar-refractivity contribution is -0.384. The van der Waals surface area contributed by atoms with Gasteiger partial charge in [0.1, 0.15) is 5.75 Å². The van der Waals surface area contributed by atoms with Gasteiger partial charge in [0.25, 0.3) is 5.69 Å². The van der Waals surface area contributed by atoms with Crippen molar-refractivity contribution in [2.75, 3.05) is 14.2 Å². The average Bonchev–Trinajstić information content (AvgIpc) is 2.53. The van der Waals surface area contributed by atoms with E-state index in [0.717, 1.165) is 5.56 Å². The Morgan fingerprint density at radius 3 is 2.41 bits per heavy atom. The first-order chi connectivity index (χ1) is 10.5. The maximum Gasteiger partial charge on any atom is 0.338 e. The van der Waals surface area contributed by atoms with Crippen molar-refractivity contribution in [1.29, 1.82) is 0 Å². The highest BCUT2D eigenvalue weighted by atomic mass is 16.6. The van der Waals surface area contributed by atoms with Gasteiger partial charge in [0.2, 0.25) is 0 Å². The minimum atomic E-state index is -0.637. The molecule has 0 aliphatic carbocycles. The Kier molecular flexibility index (Phi) is 4.41. The van der Waals surface area contributed by atoms with Gasteiger partial charge >= 0.3 is 5.97 Å². The zero-order chi connectivity index (χ0) is 16.3. The summed E-state index contributed by atoms with van der Waals surface area (Å²) in [6.07, 6.45) is 0. The Labute approximate surface area is 127 Å². The molecular weight excluding hydrogens is 286 g/mol. The lowest BCUT2D eigenvalue weighted by atomic mass is 9.96. The van der Waals surface area contributed by atoms with Crippen molar-refractivity contribution >= 4 is 11.7 Å². The summed E-state index contributed by atoms with van der Waals surface area (Å²) in [5.74, 6) is -0.0631. The number of hydrogen-bond donors (Lipinski definition) is 0. The molecule has 0 N–H and O–H groups in total. The summed E-state index contributed by atoms with van der Waals surface area (Å²) in [4.78, 5) is 22.3. The molecule has 114 valence electrons. The molecule has 0 saturated carbocycles. The van der Waals surface area contributed by atoms with Crippen molar-refractivity contribution in [2.45, 2.75) is 6.92 Å². The number of nitro groups is 1. The molecule has 2 aromatic rings. The van der Waals surface area contributed by atoms with Crippen LogP contribution in [-0.2, 0) is 4.74 Å². The Balaban J connectivity index is 2.72. The van der Waals surface area contributed by atoms with E-state index in [1.165, 1.54) is 32.4 Å². The molecule has 0 aliphatic heterocycles. The minimum absolute atomic E-state index is 0.126. The van der Waals surface area contributed by atoms with Crippen LogP contribution in [0.15, 0.2) is 36.4 Å². The number of hydrogen-bond acceptors (Lipinski definition) is 5. The Morgan fingerprint density at radius 2 is 1.82 bits per heavy atom. The van der Waals surface area contributed by atoms with Crippen LogP contribution in [0, 0.1) is 17.0 Å². The maximum atomic E-state index is 12.0. The molecule has 0 heterocycles. The number of rotatable bonds is 4. The van der Waals surface area contributed by atoms with Crippen LogP contribution in [0.5, 0.6) is 5.75 Å². The lowest BCUT2D eigenvalue weighted by Gasteiger charge is -2.13. The number of benzene rings is 2. The number of nitrogens with zero attached hydrogens (tertiary/aromatic N) is 1. The standard InChI is InChI=1S/C16H15NO5/c1-10-4-7-15(21-2)13(8-10)12-6-5-11(17(19)20)9-14(12)16(18)22-3/h4-9H,1-3H3. The number of carbonyl (C=O) groups excluding carboxylic acids is 1. The van der Waals surface area contributed by atoms with E-state index >= 15 is 0 Å². The molecule has 0 unspecified atom stereocenters. The highest BCUT2D eigenvalue weighted by Gasteiger charge is 2.20. The van der Waals surface area contributed by atoms with Crippen LogP contribution >= 0.6 is 0 Å². The van der Waals surface area contributed by atoms with Crippen molar-refractivity contribution in [3.8, 4) is 16.9 Å². The number of ether oxygens (including phenoxy) is 2. The van der Waals surface area contributed by atoms with E-state index in [1.54, 1.807) is 6.07 Å². The van der Waals surface area contributed by atoms with Crippen LogP contribution in [0.1, 0.15) is 15.9 Å². The van der Waals surface area contributed by atoms with Crippen molar-refractivity contribution in [1.82, 2.24) is 0 Å². The monoisotopic (exact) mass is 301 g/mol. The Morgan fingerprint density at radius 1 is 1.09 bits per heavy atom. The van der Waals surface area contributed by atoms with Crippen molar-refractivity contribution in [2.24, 2.45) is 0 Å². The van der Waals surface area contributed by atoms with E-state index < -0.39 is 10.9 Å². The van der Waals surface area contributed by atoms with Gasteiger partial charge in [-0.15, -0.1) is 0 Å². The molecular formula is C16H15NO5. The Bertz CT molecular complexity index is 739. The fourth-order valence-corrected chi connectivity index (χ4v) is 2.19. The fraction of sp³-hybridized carbons (Fsp3) is 0.188. The molecule has 2 aromatic carbocycles. The second-order valence-corrected chi connectivity index (χ2v) is 4.68. The molecule has 2 rings (SSSR count). The van der Waals surface area contributed by atoms with Gasteiger partial charge in [0.05, 0.1) is 24.7 Å². The van der Waals surface area contributed by atoms with Gasteiger partial charge in [-0.1, -0.05) is 11.6 Å². The summed E-state index contributed by atoms with van der Waals surface area (Å²) >= 11 is 0. The summed E-state index contributed by atoms with van der Waals surface area (Å²) in [5, 5.41) is 10.9. The number of esters is 1. The highest BCUT2D eigenvalue weighted by molar-refractivity contribution is 5.99. The number of carbonyl (C=O) groups is 1. The molecule has 0 aromatic heterocycles. The summed E-state index contributed by atoms with van der Waals surface area (Å²) in [5.41, 5.74) is 2.14. The average molecular weight is 301 g/mol. The number of methoxy groups -OCH3 is 2. The maximum absolute atomic E-state index is 12.0. The first-order valence-corrected chi connectivity index (χ1v) is 6.49. The molecule has 6 nitrogen and oxygen atoms in total. The van der Waals surface area contributed by atoms with Crippen LogP contribution < -0.4 is 4.74 Å². The van der Waals surface area contributed by atoms with Crippen molar-refractivity contribution in [3.63, 3.8) is 0 Å². The van der Waals surface area contributed by atoms with Crippen LogP contribution in [0.3, 0.4) is 0 Å². The number of non-ortho nitro benzene ring substituents is 1. The van der Waals surface area contributed by atoms with Crippen LogP contribution in [0.4, 0.5) is 5.69 Å².